The summed E-state index contributed by atoms with van der Waals surface area (Å²) in [6.45, 7) is 9.27. The third-order valence-electron chi connectivity index (χ3n) is 5.02. The first-order chi connectivity index (χ1) is 11.7. The van der Waals surface area contributed by atoms with Crippen LogP contribution in [-0.2, 0) is 19.5 Å². The van der Waals surface area contributed by atoms with Gasteiger partial charge in [0.05, 0.1) is 18.0 Å². The maximum absolute atomic E-state index is 5.58. The number of nitrogens with zero attached hydrogens (tertiary/aromatic N) is 2. The second kappa shape index (κ2) is 5.90. The molecule has 1 aliphatic rings. The number of benzene rings is 1. The number of hydrogen-bond donors (Lipinski definition) is 0. The molecule has 0 fully saturated rings. The van der Waals surface area contributed by atoms with Crippen molar-refractivity contribution in [1.29, 1.82) is 0 Å². The highest BCUT2D eigenvalue weighted by molar-refractivity contribution is 5.77. The lowest BCUT2D eigenvalue weighted by atomic mass is 10.00. The van der Waals surface area contributed by atoms with Crippen LogP contribution in [0.4, 0.5) is 0 Å². The molecular formula is C21H24N2O. The molecule has 0 unspecified atom stereocenters. The van der Waals surface area contributed by atoms with E-state index in [9.17, 15) is 0 Å². The van der Waals surface area contributed by atoms with Gasteiger partial charge in [-0.1, -0.05) is 19.1 Å². The summed E-state index contributed by atoms with van der Waals surface area (Å²) in [6, 6.07) is 13.0. The molecule has 0 N–H and O–H groups in total. The van der Waals surface area contributed by atoms with Crippen molar-refractivity contribution in [2.75, 3.05) is 6.61 Å². The SMILES string of the molecule is CCOc1ccc(-c2cn3c(c2CC)-c2ccc(C)n2CC3)cc1. The van der Waals surface area contributed by atoms with Crippen LogP contribution in [0.15, 0.2) is 42.6 Å². The molecule has 3 aromatic rings. The molecule has 124 valence electrons. The summed E-state index contributed by atoms with van der Waals surface area (Å²) in [4.78, 5) is 0. The minimum absolute atomic E-state index is 0.705. The first-order valence-corrected chi connectivity index (χ1v) is 8.84. The Morgan fingerprint density at radius 3 is 2.50 bits per heavy atom. The quantitative estimate of drug-likeness (QED) is 0.668. The number of aryl methyl sites for hydroxylation is 2. The highest BCUT2D eigenvalue weighted by Gasteiger charge is 2.23. The Hall–Kier alpha value is -2.42. The van der Waals surface area contributed by atoms with Gasteiger partial charge in [-0.15, -0.1) is 0 Å². The average Bonchev–Trinajstić information content (AvgIpc) is 3.16. The van der Waals surface area contributed by atoms with Crippen molar-refractivity contribution in [1.82, 2.24) is 9.13 Å². The lowest BCUT2D eigenvalue weighted by Gasteiger charge is -2.21. The van der Waals surface area contributed by atoms with E-state index in [0.29, 0.717) is 6.61 Å². The van der Waals surface area contributed by atoms with Crippen LogP contribution in [-0.4, -0.2) is 15.7 Å². The number of fused-ring (bicyclic) bond motifs is 3. The first-order valence-electron chi connectivity index (χ1n) is 8.84. The zero-order valence-corrected chi connectivity index (χ0v) is 14.7. The Morgan fingerprint density at radius 2 is 1.79 bits per heavy atom. The molecule has 0 radical (unpaired) electrons. The Labute approximate surface area is 143 Å². The Bertz CT molecular complexity index is 868. The second-order valence-corrected chi connectivity index (χ2v) is 6.39. The zero-order chi connectivity index (χ0) is 16.7. The minimum Gasteiger partial charge on any atom is -0.494 e. The lowest BCUT2D eigenvalue weighted by Crippen LogP contribution is -2.16. The molecule has 0 saturated carbocycles. The molecule has 0 bridgehead atoms. The highest BCUT2D eigenvalue weighted by Crippen LogP contribution is 2.38. The van der Waals surface area contributed by atoms with E-state index in [-0.39, 0.29) is 0 Å². The summed E-state index contributed by atoms with van der Waals surface area (Å²) in [5.41, 5.74) is 8.16. The smallest absolute Gasteiger partial charge is 0.119 e. The van der Waals surface area contributed by atoms with Crippen LogP contribution in [0.2, 0.25) is 0 Å². The molecule has 1 aliphatic heterocycles. The van der Waals surface area contributed by atoms with Crippen LogP contribution < -0.4 is 4.74 Å². The fourth-order valence-corrected chi connectivity index (χ4v) is 3.86. The van der Waals surface area contributed by atoms with Gasteiger partial charge in [-0.2, -0.15) is 0 Å². The van der Waals surface area contributed by atoms with Gasteiger partial charge < -0.3 is 13.9 Å². The first kappa shape index (κ1) is 15.1. The summed E-state index contributed by atoms with van der Waals surface area (Å²) in [5.74, 6) is 0.938. The van der Waals surface area contributed by atoms with Crippen molar-refractivity contribution in [2.24, 2.45) is 0 Å². The number of rotatable bonds is 4. The Morgan fingerprint density at radius 1 is 1.00 bits per heavy atom. The molecule has 3 heterocycles. The molecule has 0 spiro atoms. The van der Waals surface area contributed by atoms with E-state index in [1.54, 1.807) is 0 Å². The lowest BCUT2D eigenvalue weighted by molar-refractivity contribution is 0.340. The van der Waals surface area contributed by atoms with Gasteiger partial charge in [-0.3, -0.25) is 0 Å². The largest absolute Gasteiger partial charge is 0.494 e. The van der Waals surface area contributed by atoms with Crippen molar-refractivity contribution < 1.29 is 4.74 Å². The maximum atomic E-state index is 5.58. The van der Waals surface area contributed by atoms with Gasteiger partial charge in [0, 0.05) is 30.5 Å². The van der Waals surface area contributed by atoms with E-state index in [1.807, 2.05) is 6.92 Å². The standard InChI is InChI=1S/C21H24N2O/c1-4-18-19(16-7-9-17(10-8-16)24-5-2)14-22-12-13-23-15(3)6-11-20(23)21(18)22/h6-11,14H,4-5,12-13H2,1-3H3. The molecule has 0 aliphatic carbocycles. The summed E-state index contributed by atoms with van der Waals surface area (Å²) < 4.78 is 10.4. The average molecular weight is 320 g/mol. The van der Waals surface area contributed by atoms with Gasteiger partial charge in [-0.05, 0) is 55.7 Å². The van der Waals surface area contributed by atoms with Gasteiger partial charge in [0.15, 0.2) is 0 Å². The van der Waals surface area contributed by atoms with Crippen LogP contribution in [0.5, 0.6) is 5.75 Å². The van der Waals surface area contributed by atoms with E-state index in [4.69, 9.17) is 4.74 Å². The summed E-state index contributed by atoms with van der Waals surface area (Å²) in [5, 5.41) is 0. The molecule has 0 amide bonds. The van der Waals surface area contributed by atoms with Crippen LogP contribution in [0.25, 0.3) is 22.5 Å². The number of aromatic nitrogens is 2. The van der Waals surface area contributed by atoms with Crippen molar-refractivity contribution in [2.45, 2.75) is 40.3 Å². The number of ether oxygens (including phenoxy) is 1. The topological polar surface area (TPSA) is 19.1 Å². The molecule has 2 aromatic heterocycles. The fourth-order valence-electron chi connectivity index (χ4n) is 3.86. The molecule has 24 heavy (non-hydrogen) atoms. The monoisotopic (exact) mass is 320 g/mol. The van der Waals surface area contributed by atoms with Crippen molar-refractivity contribution in [3.63, 3.8) is 0 Å². The fraction of sp³-hybridized carbons (Fsp3) is 0.333. The normalized spacial score (nSPS) is 12.8. The van der Waals surface area contributed by atoms with Crippen molar-refractivity contribution in [3.05, 3.63) is 53.9 Å². The van der Waals surface area contributed by atoms with Gasteiger partial charge in [0.2, 0.25) is 0 Å². The second-order valence-electron chi connectivity index (χ2n) is 6.39. The molecule has 4 rings (SSSR count). The third kappa shape index (κ3) is 2.27. The van der Waals surface area contributed by atoms with Crippen LogP contribution >= 0.6 is 0 Å². The zero-order valence-electron chi connectivity index (χ0n) is 14.7. The Balaban J connectivity index is 1.83. The van der Waals surface area contributed by atoms with Gasteiger partial charge in [0.25, 0.3) is 0 Å². The van der Waals surface area contributed by atoms with Gasteiger partial charge in [0.1, 0.15) is 5.75 Å². The molecule has 3 nitrogen and oxygen atoms in total. The molecule has 1 aromatic carbocycles. The van der Waals surface area contributed by atoms with Crippen molar-refractivity contribution in [3.8, 4) is 28.3 Å². The third-order valence-corrected chi connectivity index (χ3v) is 5.02. The molecule has 3 heteroatoms. The maximum Gasteiger partial charge on any atom is 0.119 e. The van der Waals surface area contributed by atoms with E-state index >= 15 is 0 Å². The number of hydrogen-bond acceptors (Lipinski definition) is 1. The highest BCUT2D eigenvalue weighted by atomic mass is 16.5. The predicted octanol–water partition coefficient (Wildman–Crippen LogP) is 4.91. The predicted molar refractivity (Wildman–Crippen MR) is 98.6 cm³/mol. The minimum atomic E-state index is 0.705. The molecule has 0 saturated heterocycles. The summed E-state index contributed by atoms with van der Waals surface area (Å²) in [6.07, 6.45) is 3.37. The summed E-state index contributed by atoms with van der Waals surface area (Å²) in [7, 11) is 0. The van der Waals surface area contributed by atoms with E-state index in [2.05, 4.69) is 65.6 Å². The molecule has 0 atom stereocenters. The van der Waals surface area contributed by atoms with Crippen molar-refractivity contribution >= 4 is 0 Å². The van der Waals surface area contributed by atoms with Crippen LogP contribution in [0.1, 0.15) is 25.1 Å². The summed E-state index contributed by atoms with van der Waals surface area (Å²) >= 11 is 0. The van der Waals surface area contributed by atoms with E-state index in [1.165, 1.54) is 33.8 Å². The van der Waals surface area contributed by atoms with E-state index < -0.39 is 0 Å². The van der Waals surface area contributed by atoms with E-state index in [0.717, 1.165) is 25.3 Å². The Kier molecular flexibility index (Phi) is 3.72. The van der Waals surface area contributed by atoms with Gasteiger partial charge in [-0.25, -0.2) is 0 Å². The van der Waals surface area contributed by atoms with Crippen LogP contribution in [0.3, 0.4) is 0 Å². The van der Waals surface area contributed by atoms with Gasteiger partial charge >= 0.3 is 0 Å². The molecular weight excluding hydrogens is 296 g/mol. The van der Waals surface area contributed by atoms with Crippen LogP contribution in [0, 0.1) is 6.92 Å².